The zero-order valence-corrected chi connectivity index (χ0v) is 8.99. The van der Waals surface area contributed by atoms with Crippen LogP contribution in [-0.4, -0.2) is 28.7 Å². The van der Waals surface area contributed by atoms with E-state index in [2.05, 4.69) is 15.5 Å². The number of halogens is 1. The van der Waals surface area contributed by atoms with Crippen molar-refractivity contribution in [3.63, 3.8) is 0 Å². The van der Waals surface area contributed by atoms with E-state index in [1.807, 2.05) is 17.8 Å². The van der Waals surface area contributed by atoms with E-state index in [9.17, 15) is 4.79 Å². The summed E-state index contributed by atoms with van der Waals surface area (Å²) in [6.07, 6.45) is 4.08. The number of esters is 1. The number of quaternary nitrogens is 1. The molecule has 0 radical (unpaired) electrons. The molecule has 1 heterocycles. The maximum Gasteiger partial charge on any atom is 0.364 e. The second kappa shape index (κ2) is 5.62. The molecule has 0 spiro atoms. The van der Waals surface area contributed by atoms with Crippen molar-refractivity contribution < 1.29 is 27.7 Å². The van der Waals surface area contributed by atoms with Crippen LogP contribution in [0.15, 0.2) is 12.5 Å². The number of carbonyl (C=O) groups is 1. The van der Waals surface area contributed by atoms with Crippen LogP contribution in [0.5, 0.6) is 0 Å². The molecule has 1 aromatic rings. The lowest BCUT2D eigenvalue weighted by Gasteiger charge is -2.02. The van der Waals surface area contributed by atoms with Crippen LogP contribution in [0.25, 0.3) is 0 Å². The van der Waals surface area contributed by atoms with Crippen molar-refractivity contribution in [1.82, 2.24) is 9.55 Å². The summed E-state index contributed by atoms with van der Waals surface area (Å²) in [6, 6.07) is -0.375. The van der Waals surface area contributed by atoms with Crippen LogP contribution in [0.1, 0.15) is 5.69 Å². The standard InChI is InChI=1S/C8H13N3O2.ClH/c1-11-4-6(10-5-11)3-7(9)8(12)13-2;/h4-5,7H,3,9H2,1-2H3;1H/t7-;/m1./s1. The summed E-state index contributed by atoms with van der Waals surface area (Å²) >= 11 is 0. The zero-order valence-electron chi connectivity index (χ0n) is 8.24. The number of hydrogen-bond acceptors (Lipinski definition) is 3. The second-order valence-electron chi connectivity index (χ2n) is 2.95. The van der Waals surface area contributed by atoms with Crippen molar-refractivity contribution in [2.45, 2.75) is 12.5 Å². The number of imidazole rings is 1. The zero-order chi connectivity index (χ0) is 9.84. The van der Waals surface area contributed by atoms with Crippen LogP contribution < -0.4 is 18.1 Å². The van der Waals surface area contributed by atoms with Gasteiger partial charge in [0.25, 0.3) is 0 Å². The average molecular weight is 220 g/mol. The first-order chi connectivity index (χ1) is 6.13. The monoisotopic (exact) mass is 219 g/mol. The Balaban J connectivity index is 0.00000169. The van der Waals surface area contributed by atoms with Gasteiger partial charge >= 0.3 is 5.97 Å². The lowest BCUT2D eigenvalue weighted by Crippen LogP contribution is -3.00. The van der Waals surface area contributed by atoms with E-state index in [0.717, 1.165) is 5.69 Å². The van der Waals surface area contributed by atoms with Gasteiger partial charge in [-0.3, -0.25) is 0 Å². The Morgan fingerprint density at radius 3 is 2.86 bits per heavy atom. The number of hydrogen-bond donors (Lipinski definition) is 1. The Kier molecular flexibility index (Phi) is 5.19. The smallest absolute Gasteiger partial charge is 0.364 e. The molecule has 0 saturated heterocycles. The van der Waals surface area contributed by atoms with Crippen LogP contribution in [-0.2, 0) is 23.0 Å². The minimum atomic E-state index is -0.375. The van der Waals surface area contributed by atoms with Crippen molar-refractivity contribution in [3.8, 4) is 0 Å². The van der Waals surface area contributed by atoms with Crippen molar-refractivity contribution in [3.05, 3.63) is 18.2 Å². The Morgan fingerprint density at radius 1 is 1.79 bits per heavy atom. The van der Waals surface area contributed by atoms with E-state index in [1.165, 1.54) is 7.11 Å². The van der Waals surface area contributed by atoms with Crippen molar-refractivity contribution >= 4 is 5.97 Å². The number of ether oxygens (including phenoxy) is 1. The number of aromatic nitrogens is 2. The van der Waals surface area contributed by atoms with Crippen LogP contribution in [0, 0.1) is 0 Å². The molecule has 1 aromatic heterocycles. The first-order valence-corrected chi connectivity index (χ1v) is 4.01. The Bertz CT molecular complexity index is 301. The molecular formula is C8H14ClN3O2. The Morgan fingerprint density at radius 2 is 2.43 bits per heavy atom. The van der Waals surface area contributed by atoms with Crippen LogP contribution in [0.4, 0.5) is 0 Å². The molecular weight excluding hydrogens is 206 g/mol. The summed E-state index contributed by atoms with van der Waals surface area (Å²) in [4.78, 5) is 15.1. The molecule has 0 saturated carbocycles. The summed E-state index contributed by atoms with van der Waals surface area (Å²) < 4.78 is 6.39. The minimum absolute atomic E-state index is 0. The molecule has 1 rings (SSSR count). The van der Waals surface area contributed by atoms with Gasteiger partial charge in [0.2, 0.25) is 0 Å². The maximum atomic E-state index is 11.0. The molecule has 0 fully saturated rings. The van der Waals surface area contributed by atoms with Gasteiger partial charge in [-0.15, -0.1) is 0 Å². The van der Waals surface area contributed by atoms with Gasteiger partial charge in [-0.2, -0.15) is 0 Å². The molecule has 0 aliphatic rings. The molecule has 0 aliphatic heterocycles. The quantitative estimate of drug-likeness (QED) is 0.524. The molecule has 6 heteroatoms. The topological polar surface area (TPSA) is 71.8 Å². The molecule has 0 aromatic carbocycles. The molecule has 1 atom stereocenters. The van der Waals surface area contributed by atoms with Crippen molar-refractivity contribution in [2.75, 3.05) is 7.11 Å². The second-order valence-corrected chi connectivity index (χ2v) is 2.95. The Hall–Kier alpha value is -1.07. The van der Waals surface area contributed by atoms with E-state index >= 15 is 0 Å². The summed E-state index contributed by atoms with van der Waals surface area (Å²) in [7, 11) is 3.24. The van der Waals surface area contributed by atoms with Gasteiger partial charge in [0, 0.05) is 13.2 Å². The van der Waals surface area contributed by atoms with E-state index < -0.39 is 0 Å². The number of carbonyl (C=O) groups excluding carboxylic acids is 1. The average Bonchev–Trinajstić information content (AvgIpc) is 2.49. The van der Waals surface area contributed by atoms with Crippen LogP contribution in [0.2, 0.25) is 0 Å². The fraction of sp³-hybridized carbons (Fsp3) is 0.500. The fourth-order valence-corrected chi connectivity index (χ4v) is 1.07. The van der Waals surface area contributed by atoms with Gasteiger partial charge in [0.05, 0.1) is 25.6 Å². The molecule has 5 nitrogen and oxygen atoms in total. The fourth-order valence-electron chi connectivity index (χ4n) is 1.07. The third kappa shape index (κ3) is 3.35. The molecule has 0 aliphatic carbocycles. The lowest BCUT2D eigenvalue weighted by atomic mass is 10.2. The summed E-state index contributed by atoms with van der Waals surface area (Å²) in [5.74, 6) is -0.300. The molecule has 0 unspecified atom stereocenters. The largest absolute Gasteiger partial charge is 1.00 e. The molecule has 80 valence electrons. The third-order valence-corrected chi connectivity index (χ3v) is 1.75. The van der Waals surface area contributed by atoms with Crippen LogP contribution >= 0.6 is 0 Å². The van der Waals surface area contributed by atoms with Crippen molar-refractivity contribution in [2.24, 2.45) is 7.05 Å². The van der Waals surface area contributed by atoms with Gasteiger partial charge in [-0.1, -0.05) is 0 Å². The van der Waals surface area contributed by atoms with Crippen LogP contribution in [0.3, 0.4) is 0 Å². The number of rotatable bonds is 3. The van der Waals surface area contributed by atoms with E-state index in [0.29, 0.717) is 6.42 Å². The first-order valence-electron chi connectivity index (χ1n) is 4.01. The summed E-state index contributed by atoms with van der Waals surface area (Å²) in [5, 5.41) is 0. The number of nitrogens with zero attached hydrogens (tertiary/aromatic N) is 2. The molecule has 14 heavy (non-hydrogen) atoms. The highest BCUT2D eigenvalue weighted by Crippen LogP contribution is 1.98. The normalized spacial score (nSPS) is 11.6. The highest BCUT2D eigenvalue weighted by molar-refractivity contribution is 5.74. The molecule has 0 bridgehead atoms. The highest BCUT2D eigenvalue weighted by Gasteiger charge is 2.18. The van der Waals surface area contributed by atoms with Gasteiger partial charge < -0.3 is 27.4 Å². The minimum Gasteiger partial charge on any atom is -1.00 e. The lowest BCUT2D eigenvalue weighted by molar-refractivity contribution is -0.407. The van der Waals surface area contributed by atoms with Gasteiger partial charge in [0.1, 0.15) is 0 Å². The first kappa shape index (κ1) is 12.9. The van der Waals surface area contributed by atoms with Crippen molar-refractivity contribution in [1.29, 1.82) is 0 Å². The van der Waals surface area contributed by atoms with Gasteiger partial charge in [0.15, 0.2) is 6.04 Å². The molecule has 0 amide bonds. The SMILES string of the molecule is COC(=O)[C@H]([NH3+])Cc1cn(C)cn1.[Cl-]. The number of methoxy groups -OCH3 is 1. The Labute approximate surface area is 88.7 Å². The van der Waals surface area contributed by atoms with Gasteiger partial charge in [-0.25, -0.2) is 9.78 Å². The van der Waals surface area contributed by atoms with Gasteiger partial charge in [-0.05, 0) is 0 Å². The van der Waals surface area contributed by atoms with E-state index in [4.69, 9.17) is 0 Å². The van der Waals surface area contributed by atoms with E-state index in [1.54, 1.807) is 6.33 Å². The third-order valence-electron chi connectivity index (χ3n) is 1.75. The summed E-state index contributed by atoms with van der Waals surface area (Å²) in [6.45, 7) is 0. The maximum absolute atomic E-state index is 11.0. The predicted molar refractivity (Wildman–Crippen MR) is 45.6 cm³/mol. The number of aryl methyl sites for hydroxylation is 1. The predicted octanol–water partition coefficient (Wildman–Crippen LogP) is -4.25. The highest BCUT2D eigenvalue weighted by atomic mass is 35.5. The summed E-state index contributed by atoms with van der Waals surface area (Å²) in [5.41, 5.74) is 4.54. The van der Waals surface area contributed by atoms with E-state index in [-0.39, 0.29) is 24.4 Å². The molecule has 3 N–H and O–H groups in total.